The van der Waals surface area contributed by atoms with Crippen molar-refractivity contribution in [3.63, 3.8) is 0 Å². The number of carboxylic acid groups (broad SMARTS) is 1. The van der Waals surface area contributed by atoms with Gasteiger partial charge in [-0.3, -0.25) is 14.8 Å². The number of carbonyl (C=O) groups is 2. The van der Waals surface area contributed by atoms with Gasteiger partial charge in [0.1, 0.15) is 6.04 Å². The molecule has 2 fully saturated rings. The molecule has 3 N–H and O–H groups in total. The molecule has 4 heterocycles. The number of alkyl halides is 2. The van der Waals surface area contributed by atoms with E-state index in [-0.39, 0.29) is 48.7 Å². The molecular formula is C27H28ClF4N5O5S. The van der Waals surface area contributed by atoms with E-state index in [2.05, 4.69) is 15.3 Å². The second kappa shape index (κ2) is 11.8. The van der Waals surface area contributed by atoms with Crippen LogP contribution < -0.4 is 5.32 Å². The van der Waals surface area contributed by atoms with Crippen LogP contribution in [0.15, 0.2) is 40.0 Å². The molecule has 0 unspecified atom stereocenters. The van der Waals surface area contributed by atoms with Gasteiger partial charge >= 0.3 is 11.9 Å². The van der Waals surface area contributed by atoms with E-state index in [0.29, 0.717) is 11.4 Å². The van der Waals surface area contributed by atoms with Crippen LogP contribution in [0.4, 0.5) is 17.6 Å². The lowest BCUT2D eigenvalue weighted by Gasteiger charge is -2.31. The van der Waals surface area contributed by atoms with Gasteiger partial charge in [0.05, 0.1) is 30.3 Å². The van der Waals surface area contributed by atoms with Gasteiger partial charge < -0.3 is 20.3 Å². The number of methoxy groups -OCH3 is 1. The van der Waals surface area contributed by atoms with Gasteiger partial charge in [0.15, 0.2) is 28.1 Å². The van der Waals surface area contributed by atoms with E-state index >= 15 is 8.78 Å². The van der Waals surface area contributed by atoms with Crippen LogP contribution in [0, 0.1) is 11.6 Å². The van der Waals surface area contributed by atoms with Crippen molar-refractivity contribution in [3.8, 4) is 0 Å². The first-order chi connectivity index (χ1) is 20.2. The zero-order chi connectivity index (χ0) is 31.3. The topological polar surface area (TPSA) is 128 Å². The summed E-state index contributed by atoms with van der Waals surface area (Å²) in [4.78, 5) is 36.3. The number of carbonyl (C=O) groups excluding carboxylic acids is 1. The number of rotatable bonds is 9. The summed E-state index contributed by atoms with van der Waals surface area (Å²) in [6, 6.07) is -1.16. The first kappa shape index (κ1) is 31.3. The smallest absolute Gasteiger partial charge is 0.338 e. The van der Waals surface area contributed by atoms with E-state index in [4.69, 9.17) is 16.3 Å². The van der Waals surface area contributed by atoms with Crippen LogP contribution >= 0.6 is 22.9 Å². The number of nitrogens with one attached hydrogen (secondary N) is 1. The third-order valence-corrected chi connectivity index (χ3v) is 9.18. The van der Waals surface area contributed by atoms with E-state index in [0.717, 1.165) is 20.1 Å². The van der Waals surface area contributed by atoms with E-state index in [1.165, 1.54) is 33.4 Å². The molecule has 2 saturated heterocycles. The number of amidine groups is 1. The summed E-state index contributed by atoms with van der Waals surface area (Å²) in [5.41, 5.74) is -2.06. The van der Waals surface area contributed by atoms with Crippen molar-refractivity contribution in [1.29, 1.82) is 0 Å². The molecule has 0 saturated carbocycles. The quantitative estimate of drug-likeness (QED) is 0.214. The molecule has 0 bridgehead atoms. The Morgan fingerprint density at radius 1 is 1.30 bits per heavy atom. The number of esters is 1. The number of hydrogen-bond donors (Lipinski definition) is 3. The maximum atomic E-state index is 15.5. The molecule has 16 heteroatoms. The Balaban J connectivity index is 1.51. The fourth-order valence-corrected chi connectivity index (χ4v) is 6.69. The van der Waals surface area contributed by atoms with Crippen LogP contribution in [0.5, 0.6) is 0 Å². The highest BCUT2D eigenvalue weighted by Gasteiger charge is 2.59. The lowest BCUT2D eigenvalue weighted by Crippen LogP contribution is -2.48. The third-order valence-electron chi connectivity index (χ3n) is 8.02. The summed E-state index contributed by atoms with van der Waals surface area (Å²) >= 11 is 7.39. The van der Waals surface area contributed by atoms with Crippen LogP contribution in [0.1, 0.15) is 36.4 Å². The Labute approximate surface area is 252 Å². The number of aliphatic hydroxyl groups is 1. The molecular weight excluding hydrogens is 618 g/mol. The largest absolute Gasteiger partial charge is 0.479 e. The van der Waals surface area contributed by atoms with E-state index in [9.17, 15) is 28.6 Å². The zero-order valence-electron chi connectivity index (χ0n) is 23.0. The molecule has 0 radical (unpaired) electrons. The minimum Gasteiger partial charge on any atom is -0.479 e. The van der Waals surface area contributed by atoms with Crippen LogP contribution in [0.2, 0.25) is 5.02 Å². The molecule has 2 aromatic rings. The van der Waals surface area contributed by atoms with Gasteiger partial charge in [-0.1, -0.05) is 17.7 Å². The van der Waals surface area contributed by atoms with Crippen LogP contribution in [-0.2, 0) is 14.3 Å². The summed E-state index contributed by atoms with van der Waals surface area (Å²) in [5.74, 6) is -7.87. The molecule has 0 aliphatic carbocycles. The molecule has 5 rings (SSSR count). The summed E-state index contributed by atoms with van der Waals surface area (Å²) in [6.07, 6.45) is 1.59. The predicted octanol–water partition coefficient (Wildman–Crippen LogP) is 3.21. The maximum Gasteiger partial charge on any atom is 0.338 e. The Kier molecular flexibility index (Phi) is 8.57. The number of aliphatic imine (C=N–C) groups is 1. The summed E-state index contributed by atoms with van der Waals surface area (Å²) < 4.78 is 64.5. The number of halogens is 5. The van der Waals surface area contributed by atoms with Gasteiger partial charge in [0.2, 0.25) is 0 Å². The normalized spacial score (nSPS) is 25.2. The van der Waals surface area contributed by atoms with Crippen molar-refractivity contribution in [1.82, 2.24) is 20.1 Å². The minimum absolute atomic E-state index is 0.0313. The maximum absolute atomic E-state index is 15.5. The SMILES string of the molecule is COC(=O)C1=C(CN2CC(F)(F)[C@H]3[C@@H]2CCN3CC[C@@](C)(O)C(=O)O)NC(c2nccs2)=N[C@@H]1c1ccc(F)c(F)c1Cl. The molecule has 0 spiro atoms. The van der Waals surface area contributed by atoms with E-state index in [1.54, 1.807) is 5.38 Å². The lowest BCUT2D eigenvalue weighted by atomic mass is 9.95. The summed E-state index contributed by atoms with van der Waals surface area (Å²) in [5, 5.41) is 23.9. The van der Waals surface area contributed by atoms with Crippen molar-refractivity contribution < 1.29 is 42.1 Å². The molecule has 4 atom stereocenters. The minimum atomic E-state index is -3.20. The van der Waals surface area contributed by atoms with Crippen molar-refractivity contribution in [2.75, 3.05) is 33.3 Å². The second-order valence-corrected chi connectivity index (χ2v) is 12.1. The van der Waals surface area contributed by atoms with Crippen LogP contribution in [-0.4, -0.2) is 99.7 Å². The number of fused-ring (bicyclic) bond motifs is 1. The molecule has 10 nitrogen and oxygen atoms in total. The van der Waals surface area contributed by atoms with Crippen molar-refractivity contribution in [3.05, 3.63) is 62.2 Å². The summed E-state index contributed by atoms with van der Waals surface area (Å²) in [6.45, 7) is 0.440. The van der Waals surface area contributed by atoms with E-state index in [1.807, 2.05) is 0 Å². The van der Waals surface area contributed by atoms with Crippen molar-refractivity contribution in [2.24, 2.45) is 4.99 Å². The number of hydrogen-bond acceptors (Lipinski definition) is 10. The van der Waals surface area contributed by atoms with Gasteiger partial charge in [-0.15, -0.1) is 11.3 Å². The van der Waals surface area contributed by atoms with Crippen LogP contribution in [0.25, 0.3) is 0 Å². The molecule has 1 aromatic heterocycles. The van der Waals surface area contributed by atoms with Gasteiger partial charge in [-0.2, -0.15) is 0 Å². The van der Waals surface area contributed by atoms with E-state index < -0.39 is 64.8 Å². The number of thiazole rings is 1. The molecule has 3 aliphatic heterocycles. The number of carboxylic acids is 1. The average molecular weight is 646 g/mol. The first-order valence-corrected chi connectivity index (χ1v) is 14.5. The van der Waals surface area contributed by atoms with Gasteiger partial charge in [-0.05, 0) is 25.8 Å². The standard InChI is InChI=1S/C27H28ClF4N5O5S/c1-26(41,25(39)40)6-9-36-8-5-16-21(36)27(31,32)12-37(16)11-15-17(24(38)42-2)20(13-3-4-14(29)19(30)18(13)28)35-22(34-15)23-33-7-10-43-23/h3-4,7,10,16,20-21,41H,5-6,8-9,11-12H2,1-2H3,(H,34,35)(H,39,40)/t16-,20+,21+,26+/m0/s1. The highest BCUT2D eigenvalue weighted by Crippen LogP contribution is 2.43. The first-order valence-electron chi connectivity index (χ1n) is 13.3. The number of aliphatic carboxylic acids is 1. The van der Waals surface area contributed by atoms with Gasteiger partial charge in [0.25, 0.3) is 5.92 Å². The second-order valence-electron chi connectivity index (χ2n) is 10.8. The predicted molar refractivity (Wildman–Crippen MR) is 148 cm³/mol. The molecule has 0 amide bonds. The van der Waals surface area contributed by atoms with Gasteiger partial charge in [0, 0.05) is 48.5 Å². The molecule has 43 heavy (non-hydrogen) atoms. The molecule has 1 aromatic carbocycles. The zero-order valence-corrected chi connectivity index (χ0v) is 24.6. The Morgan fingerprint density at radius 3 is 2.70 bits per heavy atom. The van der Waals surface area contributed by atoms with Crippen LogP contribution in [0.3, 0.4) is 0 Å². The number of aromatic nitrogens is 1. The van der Waals surface area contributed by atoms with Crippen molar-refractivity contribution in [2.45, 2.75) is 49.4 Å². The average Bonchev–Trinajstić information content (AvgIpc) is 3.69. The fourth-order valence-electron chi connectivity index (χ4n) is 5.84. The number of benzene rings is 1. The van der Waals surface area contributed by atoms with Gasteiger partial charge in [-0.25, -0.2) is 32.1 Å². The Morgan fingerprint density at radius 2 is 2.05 bits per heavy atom. The highest BCUT2D eigenvalue weighted by molar-refractivity contribution is 7.11. The summed E-state index contributed by atoms with van der Waals surface area (Å²) in [7, 11) is 1.12. The molecule has 232 valence electrons. The lowest BCUT2D eigenvalue weighted by molar-refractivity contribution is -0.157. The highest BCUT2D eigenvalue weighted by atomic mass is 35.5. The Bertz CT molecular complexity index is 1490. The number of ether oxygens (including phenoxy) is 1. The monoisotopic (exact) mass is 645 g/mol. The number of likely N-dealkylation sites (tertiary alicyclic amines) is 2. The van der Waals surface area contributed by atoms with Crippen molar-refractivity contribution >= 4 is 40.7 Å². The number of nitrogens with zero attached hydrogens (tertiary/aromatic N) is 4. The molecule has 3 aliphatic rings. The Hall–Kier alpha value is -3.11. The third kappa shape index (κ3) is 5.88. The fraction of sp³-hybridized carbons (Fsp3) is 0.481.